The minimum atomic E-state index is -3.73. The first kappa shape index (κ1) is 16.8. The molecule has 3 nitrogen and oxygen atoms in total. The van der Waals surface area contributed by atoms with E-state index in [4.69, 9.17) is 11.6 Å². The third-order valence-corrected chi connectivity index (χ3v) is 6.31. The van der Waals surface area contributed by atoms with Gasteiger partial charge in [0.1, 0.15) is 0 Å². The van der Waals surface area contributed by atoms with Crippen molar-refractivity contribution in [2.24, 2.45) is 0 Å². The van der Waals surface area contributed by atoms with Crippen LogP contribution >= 0.6 is 11.6 Å². The molecule has 0 amide bonds. The van der Waals surface area contributed by atoms with Crippen LogP contribution in [0, 0.1) is 0 Å². The zero-order chi connectivity index (χ0) is 18.1. The van der Waals surface area contributed by atoms with Crippen LogP contribution in [0.3, 0.4) is 0 Å². The highest BCUT2D eigenvalue weighted by Crippen LogP contribution is 2.37. The van der Waals surface area contributed by atoms with Crippen molar-refractivity contribution in [2.75, 3.05) is 0 Å². The van der Waals surface area contributed by atoms with Crippen LogP contribution in [0.4, 0.5) is 0 Å². The normalized spacial score (nSPS) is 11.6. The number of hydrogen-bond donors (Lipinski definition) is 0. The second-order valence-electron chi connectivity index (χ2n) is 5.82. The Morgan fingerprint density at radius 3 is 2.12 bits per heavy atom. The molecule has 0 aliphatic rings. The third kappa shape index (κ3) is 2.77. The van der Waals surface area contributed by atoms with E-state index < -0.39 is 9.84 Å². The predicted octanol–water partition coefficient (Wildman–Crippen LogP) is 5.39. The van der Waals surface area contributed by atoms with E-state index in [9.17, 15) is 8.42 Å². The van der Waals surface area contributed by atoms with Crippen LogP contribution < -0.4 is 0 Å². The number of sulfone groups is 1. The van der Waals surface area contributed by atoms with Gasteiger partial charge in [-0.3, -0.25) is 4.98 Å². The first-order valence-corrected chi connectivity index (χ1v) is 9.88. The maximum absolute atomic E-state index is 13.3. The number of para-hydroxylation sites is 1. The van der Waals surface area contributed by atoms with E-state index in [-0.39, 0.29) is 9.79 Å². The second kappa shape index (κ2) is 6.56. The molecular formula is C21H14ClNO2S. The largest absolute Gasteiger partial charge is 0.253 e. The zero-order valence-electron chi connectivity index (χ0n) is 13.6. The van der Waals surface area contributed by atoms with Crippen molar-refractivity contribution >= 4 is 32.3 Å². The fourth-order valence-corrected chi connectivity index (χ4v) is 4.68. The Bertz CT molecular complexity index is 1190. The molecule has 4 rings (SSSR count). The summed E-state index contributed by atoms with van der Waals surface area (Å²) >= 11 is 6.29. The first-order valence-electron chi connectivity index (χ1n) is 8.02. The monoisotopic (exact) mass is 379 g/mol. The molecule has 1 aromatic heterocycles. The highest BCUT2D eigenvalue weighted by atomic mass is 35.5. The van der Waals surface area contributed by atoms with Gasteiger partial charge in [0.2, 0.25) is 9.84 Å². The predicted molar refractivity (Wildman–Crippen MR) is 104 cm³/mol. The van der Waals surface area contributed by atoms with Crippen molar-refractivity contribution in [3.8, 4) is 11.1 Å². The van der Waals surface area contributed by atoms with E-state index >= 15 is 0 Å². The van der Waals surface area contributed by atoms with Crippen LogP contribution in [0.1, 0.15) is 0 Å². The number of fused-ring (bicyclic) bond motifs is 1. The summed E-state index contributed by atoms with van der Waals surface area (Å²) in [4.78, 5) is 4.75. The molecule has 0 N–H and O–H groups in total. The lowest BCUT2D eigenvalue weighted by atomic mass is 10.0. The molecule has 0 radical (unpaired) electrons. The third-order valence-electron chi connectivity index (χ3n) is 4.22. The van der Waals surface area contributed by atoms with Gasteiger partial charge in [0.05, 0.1) is 20.3 Å². The van der Waals surface area contributed by atoms with Crippen molar-refractivity contribution in [3.05, 3.63) is 90.1 Å². The summed E-state index contributed by atoms with van der Waals surface area (Å²) in [6.07, 6.45) is 1.40. The zero-order valence-corrected chi connectivity index (χ0v) is 15.2. The SMILES string of the molecule is O=S(=O)(c1ccccc1)c1cnc2c(Cl)cccc2c1-c1ccccc1. The molecule has 3 aromatic carbocycles. The van der Waals surface area contributed by atoms with Crippen molar-refractivity contribution in [3.63, 3.8) is 0 Å². The highest BCUT2D eigenvalue weighted by molar-refractivity contribution is 7.91. The van der Waals surface area contributed by atoms with Gasteiger partial charge >= 0.3 is 0 Å². The summed E-state index contributed by atoms with van der Waals surface area (Å²) in [5, 5.41) is 1.20. The molecule has 0 aliphatic heterocycles. The molecule has 0 unspecified atom stereocenters. The molecule has 1 heterocycles. The Hall–Kier alpha value is -2.69. The summed E-state index contributed by atoms with van der Waals surface area (Å²) < 4.78 is 26.6. The van der Waals surface area contributed by atoms with Crippen LogP contribution in [0.5, 0.6) is 0 Å². The Balaban J connectivity index is 2.11. The number of hydrogen-bond acceptors (Lipinski definition) is 3. The quantitative estimate of drug-likeness (QED) is 0.479. The van der Waals surface area contributed by atoms with E-state index in [0.717, 1.165) is 5.56 Å². The lowest BCUT2D eigenvalue weighted by molar-refractivity contribution is 0.596. The Kier molecular flexibility index (Phi) is 4.23. The van der Waals surface area contributed by atoms with Gasteiger partial charge in [-0.1, -0.05) is 72.3 Å². The molecule has 4 aromatic rings. The van der Waals surface area contributed by atoms with Gasteiger partial charge in [0.25, 0.3) is 0 Å². The minimum absolute atomic E-state index is 0.171. The lowest BCUT2D eigenvalue weighted by Gasteiger charge is -2.14. The number of benzene rings is 3. The van der Waals surface area contributed by atoms with Crippen molar-refractivity contribution in [2.45, 2.75) is 9.79 Å². The van der Waals surface area contributed by atoms with Gasteiger partial charge in [-0.05, 0) is 23.8 Å². The summed E-state index contributed by atoms with van der Waals surface area (Å²) in [6.45, 7) is 0. The van der Waals surface area contributed by atoms with Crippen LogP contribution in [0.2, 0.25) is 5.02 Å². The second-order valence-corrected chi connectivity index (χ2v) is 8.14. The first-order chi connectivity index (χ1) is 12.6. The van der Waals surface area contributed by atoms with E-state index in [0.29, 0.717) is 21.5 Å². The molecule has 0 aliphatic carbocycles. The molecule has 0 saturated heterocycles. The van der Waals surface area contributed by atoms with Gasteiger partial charge in [0.15, 0.2) is 0 Å². The minimum Gasteiger partial charge on any atom is -0.253 e. The molecular weight excluding hydrogens is 366 g/mol. The van der Waals surface area contributed by atoms with Crippen LogP contribution in [-0.2, 0) is 9.84 Å². The lowest BCUT2D eigenvalue weighted by Crippen LogP contribution is -2.05. The highest BCUT2D eigenvalue weighted by Gasteiger charge is 2.24. The Morgan fingerprint density at radius 2 is 1.42 bits per heavy atom. The molecule has 0 bridgehead atoms. The smallest absolute Gasteiger partial charge is 0.208 e. The van der Waals surface area contributed by atoms with Gasteiger partial charge in [-0.15, -0.1) is 0 Å². The molecule has 5 heteroatoms. The summed E-state index contributed by atoms with van der Waals surface area (Å²) in [7, 11) is -3.73. The van der Waals surface area contributed by atoms with Crippen molar-refractivity contribution in [1.82, 2.24) is 4.98 Å². The van der Waals surface area contributed by atoms with E-state index in [1.807, 2.05) is 36.4 Å². The average molecular weight is 380 g/mol. The van der Waals surface area contributed by atoms with E-state index in [2.05, 4.69) is 4.98 Å². The molecule has 128 valence electrons. The molecule has 0 saturated carbocycles. The average Bonchev–Trinajstić information content (AvgIpc) is 2.69. The van der Waals surface area contributed by atoms with Crippen LogP contribution in [0.15, 0.2) is 94.9 Å². The van der Waals surface area contributed by atoms with E-state index in [1.165, 1.54) is 6.20 Å². The fourth-order valence-electron chi connectivity index (χ4n) is 3.00. The van der Waals surface area contributed by atoms with E-state index in [1.54, 1.807) is 42.5 Å². The van der Waals surface area contributed by atoms with Crippen molar-refractivity contribution < 1.29 is 8.42 Å². The Labute approximate surface area is 156 Å². The topological polar surface area (TPSA) is 47.0 Å². The summed E-state index contributed by atoms with van der Waals surface area (Å²) in [6, 6.07) is 23.2. The summed E-state index contributed by atoms with van der Waals surface area (Å²) in [5.74, 6) is 0. The number of rotatable bonds is 3. The van der Waals surface area contributed by atoms with Gasteiger partial charge in [0, 0.05) is 17.1 Å². The molecule has 0 spiro atoms. The van der Waals surface area contributed by atoms with Crippen LogP contribution in [0.25, 0.3) is 22.0 Å². The molecule has 0 fully saturated rings. The summed E-state index contributed by atoms with van der Waals surface area (Å²) in [5.41, 5.74) is 2.00. The number of aromatic nitrogens is 1. The van der Waals surface area contributed by atoms with Crippen molar-refractivity contribution in [1.29, 1.82) is 0 Å². The number of nitrogens with zero attached hydrogens (tertiary/aromatic N) is 1. The van der Waals surface area contributed by atoms with Gasteiger partial charge < -0.3 is 0 Å². The van der Waals surface area contributed by atoms with Gasteiger partial charge in [-0.2, -0.15) is 0 Å². The molecule has 0 atom stereocenters. The molecule has 26 heavy (non-hydrogen) atoms. The number of halogens is 1. The standard InChI is InChI=1S/C21H14ClNO2S/c22-18-13-7-12-17-20(15-8-3-1-4-9-15)19(14-23-21(17)18)26(24,25)16-10-5-2-6-11-16/h1-14H. The fraction of sp³-hybridized carbons (Fsp3) is 0. The number of pyridine rings is 1. The van der Waals surface area contributed by atoms with Crippen LogP contribution in [-0.4, -0.2) is 13.4 Å². The maximum atomic E-state index is 13.3. The van der Waals surface area contributed by atoms with Gasteiger partial charge in [-0.25, -0.2) is 8.42 Å². The maximum Gasteiger partial charge on any atom is 0.208 e. The Morgan fingerprint density at radius 1 is 0.769 bits per heavy atom.